The summed E-state index contributed by atoms with van der Waals surface area (Å²) < 4.78 is 27.9. The molecule has 0 aromatic heterocycles. The summed E-state index contributed by atoms with van der Waals surface area (Å²) in [6, 6.07) is 19.5. The van der Waals surface area contributed by atoms with Crippen LogP contribution in [0.25, 0.3) is 0 Å². The van der Waals surface area contributed by atoms with E-state index in [-0.39, 0.29) is 0 Å². The first kappa shape index (κ1) is 19.4. The third-order valence-electron chi connectivity index (χ3n) is 6.28. The summed E-state index contributed by atoms with van der Waals surface area (Å²) in [6.07, 6.45) is 2.29. The number of benzene rings is 2. The van der Waals surface area contributed by atoms with Crippen molar-refractivity contribution in [3.05, 3.63) is 60.7 Å². The summed E-state index contributed by atoms with van der Waals surface area (Å²) in [6.45, 7) is 3.68. The Morgan fingerprint density at radius 2 is 1.75 bits per heavy atom. The maximum Gasteiger partial charge on any atom is 0.240 e. The first-order valence-electron chi connectivity index (χ1n) is 10.1. The van der Waals surface area contributed by atoms with E-state index in [1.807, 2.05) is 12.1 Å². The Morgan fingerprint density at radius 3 is 2.39 bits per heavy atom. The van der Waals surface area contributed by atoms with Crippen LogP contribution >= 0.6 is 0 Å². The number of anilines is 1. The van der Waals surface area contributed by atoms with Crippen molar-refractivity contribution >= 4 is 15.7 Å². The first-order chi connectivity index (χ1) is 13.5. The Kier molecular flexibility index (Phi) is 5.71. The molecule has 6 heteroatoms. The number of nitrogens with zero attached hydrogens (tertiary/aromatic N) is 2. The fourth-order valence-electron chi connectivity index (χ4n) is 4.70. The lowest BCUT2D eigenvalue weighted by Crippen LogP contribution is -2.58. The molecule has 4 atom stereocenters. The molecule has 0 aliphatic carbocycles. The molecule has 5 nitrogen and oxygen atoms in total. The lowest BCUT2D eigenvalue weighted by atomic mass is 9.75. The highest BCUT2D eigenvalue weighted by Crippen LogP contribution is 2.37. The summed E-state index contributed by atoms with van der Waals surface area (Å²) in [5.41, 5.74) is 1.26. The van der Waals surface area contributed by atoms with E-state index in [4.69, 9.17) is 0 Å². The van der Waals surface area contributed by atoms with E-state index < -0.39 is 10.0 Å². The lowest BCUT2D eigenvalue weighted by Gasteiger charge is -2.50. The molecule has 3 aliphatic rings. The third kappa shape index (κ3) is 4.24. The molecule has 0 saturated carbocycles. The predicted molar refractivity (Wildman–Crippen MR) is 113 cm³/mol. The molecule has 2 aromatic rings. The standard InChI is InChI=1S/C22H29N3O2S/c1-24(20-8-4-2-5-9-20)16-19-17-25-13-12-18(19)14-21(25)15-23-28(26,27)22-10-6-3-7-11-22/h2-11,18-19,21,23H,12-17H2,1H3. The maximum atomic E-state index is 12.5. The Labute approximate surface area is 168 Å². The van der Waals surface area contributed by atoms with E-state index in [9.17, 15) is 8.42 Å². The average molecular weight is 400 g/mol. The molecule has 0 spiro atoms. The van der Waals surface area contributed by atoms with Crippen molar-refractivity contribution in [3.63, 3.8) is 0 Å². The second-order valence-corrected chi connectivity index (χ2v) is 9.84. The molecule has 2 aromatic carbocycles. The fraction of sp³-hybridized carbons (Fsp3) is 0.455. The van der Waals surface area contributed by atoms with Gasteiger partial charge in [0.05, 0.1) is 4.90 Å². The fourth-order valence-corrected chi connectivity index (χ4v) is 5.79. The Balaban J connectivity index is 1.34. The van der Waals surface area contributed by atoms with Crippen LogP contribution in [-0.4, -0.2) is 52.6 Å². The summed E-state index contributed by atoms with van der Waals surface area (Å²) in [5.74, 6) is 1.31. The lowest BCUT2D eigenvalue weighted by molar-refractivity contribution is 0.00693. The molecule has 0 radical (unpaired) electrons. The van der Waals surface area contributed by atoms with Crippen LogP contribution in [0, 0.1) is 11.8 Å². The van der Waals surface area contributed by atoms with E-state index >= 15 is 0 Å². The van der Waals surface area contributed by atoms with Crippen LogP contribution < -0.4 is 9.62 Å². The van der Waals surface area contributed by atoms with Gasteiger partial charge in [-0.05, 0) is 55.5 Å². The molecule has 3 aliphatic heterocycles. The topological polar surface area (TPSA) is 52.6 Å². The van der Waals surface area contributed by atoms with Gasteiger partial charge in [-0.3, -0.25) is 4.90 Å². The molecule has 28 heavy (non-hydrogen) atoms. The van der Waals surface area contributed by atoms with Gasteiger partial charge in [0, 0.05) is 38.4 Å². The van der Waals surface area contributed by atoms with Crippen LogP contribution in [0.4, 0.5) is 5.69 Å². The number of hydrogen-bond acceptors (Lipinski definition) is 4. The van der Waals surface area contributed by atoms with Gasteiger partial charge in [-0.2, -0.15) is 0 Å². The number of para-hydroxylation sites is 1. The minimum atomic E-state index is -3.43. The van der Waals surface area contributed by atoms with E-state index in [0.717, 1.165) is 26.1 Å². The Bertz CT molecular complexity index is 873. The molecule has 1 N–H and O–H groups in total. The summed E-state index contributed by atoms with van der Waals surface area (Å²) in [7, 11) is -1.26. The van der Waals surface area contributed by atoms with Crippen molar-refractivity contribution in [1.29, 1.82) is 0 Å². The maximum absolute atomic E-state index is 12.5. The number of piperidine rings is 3. The molecule has 3 heterocycles. The van der Waals surface area contributed by atoms with Crippen LogP contribution in [0.15, 0.2) is 65.6 Å². The van der Waals surface area contributed by atoms with Crippen LogP contribution in [0.3, 0.4) is 0 Å². The highest BCUT2D eigenvalue weighted by Gasteiger charge is 2.40. The normalized spacial score (nSPS) is 26.9. The van der Waals surface area contributed by atoms with Crippen molar-refractivity contribution in [2.24, 2.45) is 11.8 Å². The molecular formula is C22H29N3O2S. The summed E-state index contributed by atoms with van der Waals surface area (Å²) >= 11 is 0. The summed E-state index contributed by atoms with van der Waals surface area (Å²) in [5, 5.41) is 0. The molecule has 3 fully saturated rings. The zero-order valence-electron chi connectivity index (χ0n) is 16.4. The summed E-state index contributed by atoms with van der Waals surface area (Å²) in [4.78, 5) is 5.17. The van der Waals surface area contributed by atoms with Gasteiger partial charge < -0.3 is 4.90 Å². The molecule has 0 amide bonds. The van der Waals surface area contributed by atoms with Gasteiger partial charge >= 0.3 is 0 Å². The van der Waals surface area contributed by atoms with E-state index in [1.54, 1.807) is 24.3 Å². The van der Waals surface area contributed by atoms with Crippen molar-refractivity contribution in [1.82, 2.24) is 9.62 Å². The average Bonchev–Trinajstić information content (AvgIpc) is 2.74. The zero-order chi connectivity index (χ0) is 19.6. The zero-order valence-corrected chi connectivity index (χ0v) is 17.2. The van der Waals surface area contributed by atoms with Crippen LogP contribution in [0.1, 0.15) is 12.8 Å². The molecular weight excluding hydrogens is 370 g/mol. The van der Waals surface area contributed by atoms with Crippen molar-refractivity contribution in [2.45, 2.75) is 23.8 Å². The Hall–Kier alpha value is -1.89. The minimum Gasteiger partial charge on any atom is -0.374 e. The highest BCUT2D eigenvalue weighted by molar-refractivity contribution is 7.89. The second kappa shape index (κ2) is 8.23. The minimum absolute atomic E-state index is 0.301. The van der Waals surface area contributed by atoms with E-state index in [0.29, 0.717) is 29.3 Å². The van der Waals surface area contributed by atoms with Gasteiger partial charge in [-0.1, -0.05) is 36.4 Å². The van der Waals surface area contributed by atoms with Crippen LogP contribution in [0.2, 0.25) is 0 Å². The monoisotopic (exact) mass is 399 g/mol. The number of hydrogen-bond donors (Lipinski definition) is 1. The predicted octanol–water partition coefficient (Wildman–Crippen LogP) is 2.81. The first-order valence-corrected chi connectivity index (χ1v) is 11.6. The van der Waals surface area contributed by atoms with Gasteiger partial charge in [0.1, 0.15) is 0 Å². The SMILES string of the molecule is CN(CC1CN2CCC1CC2CNS(=O)(=O)c1ccccc1)c1ccccc1. The number of rotatable bonds is 7. The van der Waals surface area contributed by atoms with Gasteiger partial charge in [0.2, 0.25) is 10.0 Å². The third-order valence-corrected chi connectivity index (χ3v) is 7.72. The van der Waals surface area contributed by atoms with E-state index in [1.165, 1.54) is 12.1 Å². The second-order valence-electron chi connectivity index (χ2n) is 8.07. The largest absolute Gasteiger partial charge is 0.374 e. The molecule has 4 unspecified atom stereocenters. The van der Waals surface area contributed by atoms with Gasteiger partial charge in [-0.25, -0.2) is 13.1 Å². The number of sulfonamides is 1. The smallest absolute Gasteiger partial charge is 0.240 e. The number of fused-ring (bicyclic) bond motifs is 3. The molecule has 3 saturated heterocycles. The molecule has 2 bridgehead atoms. The Morgan fingerprint density at radius 1 is 1.07 bits per heavy atom. The van der Waals surface area contributed by atoms with Crippen LogP contribution in [0.5, 0.6) is 0 Å². The van der Waals surface area contributed by atoms with Crippen molar-refractivity contribution in [3.8, 4) is 0 Å². The molecule has 5 rings (SSSR count). The number of nitrogens with one attached hydrogen (secondary N) is 1. The van der Waals surface area contributed by atoms with Crippen molar-refractivity contribution < 1.29 is 8.42 Å². The van der Waals surface area contributed by atoms with Crippen molar-refractivity contribution in [2.75, 3.05) is 38.1 Å². The van der Waals surface area contributed by atoms with Gasteiger partial charge in [-0.15, -0.1) is 0 Å². The van der Waals surface area contributed by atoms with Gasteiger partial charge in [0.25, 0.3) is 0 Å². The van der Waals surface area contributed by atoms with Crippen LogP contribution in [-0.2, 0) is 10.0 Å². The quantitative estimate of drug-likeness (QED) is 0.778. The van der Waals surface area contributed by atoms with E-state index in [2.05, 4.69) is 45.8 Å². The van der Waals surface area contributed by atoms with Gasteiger partial charge in [0.15, 0.2) is 0 Å². The highest BCUT2D eigenvalue weighted by atomic mass is 32.2. The molecule has 150 valence electrons.